The SMILES string of the molecule is Cc1ccc(Oc2ccc(CNC(=O)c3[nH]ncc3C)cc2)cc1. The van der Waals surface area contributed by atoms with Crippen molar-refractivity contribution in [1.82, 2.24) is 15.5 Å². The second-order valence-electron chi connectivity index (χ2n) is 5.67. The van der Waals surface area contributed by atoms with E-state index in [4.69, 9.17) is 4.74 Å². The molecule has 24 heavy (non-hydrogen) atoms. The number of aryl methyl sites for hydroxylation is 2. The van der Waals surface area contributed by atoms with Gasteiger partial charge in [0.05, 0.1) is 6.20 Å². The Labute approximate surface area is 140 Å². The normalized spacial score (nSPS) is 10.4. The van der Waals surface area contributed by atoms with Gasteiger partial charge in [0.2, 0.25) is 0 Å². The summed E-state index contributed by atoms with van der Waals surface area (Å²) in [5.74, 6) is 1.40. The van der Waals surface area contributed by atoms with Crippen LogP contribution in [0.4, 0.5) is 0 Å². The van der Waals surface area contributed by atoms with Gasteiger partial charge in [-0.2, -0.15) is 5.10 Å². The predicted octanol–water partition coefficient (Wildman–Crippen LogP) is 3.75. The highest BCUT2D eigenvalue weighted by atomic mass is 16.5. The Bertz CT molecular complexity index is 821. The molecule has 2 aromatic carbocycles. The van der Waals surface area contributed by atoms with E-state index in [0.29, 0.717) is 12.2 Å². The number of nitrogens with one attached hydrogen (secondary N) is 2. The van der Waals surface area contributed by atoms with Crippen molar-refractivity contribution >= 4 is 5.91 Å². The molecule has 5 nitrogen and oxygen atoms in total. The number of H-pyrrole nitrogens is 1. The summed E-state index contributed by atoms with van der Waals surface area (Å²) >= 11 is 0. The van der Waals surface area contributed by atoms with Crippen LogP contribution in [0, 0.1) is 13.8 Å². The molecule has 1 heterocycles. The molecule has 5 heteroatoms. The van der Waals surface area contributed by atoms with Gasteiger partial charge in [-0.15, -0.1) is 0 Å². The Kier molecular flexibility index (Phi) is 4.61. The lowest BCUT2D eigenvalue weighted by molar-refractivity contribution is 0.0945. The highest BCUT2D eigenvalue weighted by Gasteiger charge is 2.10. The van der Waals surface area contributed by atoms with Crippen LogP contribution < -0.4 is 10.1 Å². The van der Waals surface area contributed by atoms with E-state index >= 15 is 0 Å². The summed E-state index contributed by atoms with van der Waals surface area (Å²) in [6, 6.07) is 15.6. The maximum Gasteiger partial charge on any atom is 0.269 e. The predicted molar refractivity (Wildman–Crippen MR) is 92.2 cm³/mol. The van der Waals surface area contributed by atoms with Crippen LogP contribution in [-0.4, -0.2) is 16.1 Å². The van der Waals surface area contributed by atoms with Gasteiger partial charge in [-0.25, -0.2) is 0 Å². The number of carbonyl (C=O) groups is 1. The molecule has 0 saturated carbocycles. The van der Waals surface area contributed by atoms with Gasteiger partial charge in [-0.3, -0.25) is 9.89 Å². The fourth-order valence-electron chi connectivity index (χ4n) is 2.26. The average molecular weight is 321 g/mol. The molecule has 0 saturated heterocycles. The number of aromatic amines is 1. The highest BCUT2D eigenvalue weighted by Crippen LogP contribution is 2.22. The van der Waals surface area contributed by atoms with E-state index in [1.54, 1.807) is 6.20 Å². The smallest absolute Gasteiger partial charge is 0.269 e. The van der Waals surface area contributed by atoms with Gasteiger partial charge in [0.1, 0.15) is 17.2 Å². The molecule has 3 aromatic rings. The maximum atomic E-state index is 12.0. The fraction of sp³-hybridized carbons (Fsp3) is 0.158. The molecule has 1 aromatic heterocycles. The number of aromatic nitrogens is 2. The van der Waals surface area contributed by atoms with E-state index in [0.717, 1.165) is 22.6 Å². The number of carbonyl (C=O) groups excluding carboxylic acids is 1. The highest BCUT2D eigenvalue weighted by molar-refractivity contribution is 5.93. The van der Waals surface area contributed by atoms with Crippen molar-refractivity contribution in [3.8, 4) is 11.5 Å². The molecular formula is C19H19N3O2. The quantitative estimate of drug-likeness (QED) is 0.752. The number of hydrogen-bond donors (Lipinski definition) is 2. The third kappa shape index (κ3) is 3.81. The van der Waals surface area contributed by atoms with Gasteiger partial charge in [-0.05, 0) is 49.2 Å². The molecule has 0 radical (unpaired) electrons. The maximum absolute atomic E-state index is 12.0. The van der Waals surface area contributed by atoms with Gasteiger partial charge < -0.3 is 10.1 Å². The number of ether oxygens (including phenoxy) is 1. The lowest BCUT2D eigenvalue weighted by Crippen LogP contribution is -2.23. The third-order valence-corrected chi connectivity index (χ3v) is 3.69. The number of amides is 1. The molecular weight excluding hydrogens is 302 g/mol. The van der Waals surface area contributed by atoms with Crippen LogP contribution in [0.3, 0.4) is 0 Å². The Morgan fingerprint density at radius 3 is 2.25 bits per heavy atom. The number of nitrogens with zero attached hydrogens (tertiary/aromatic N) is 1. The summed E-state index contributed by atoms with van der Waals surface area (Å²) in [5.41, 5.74) is 3.52. The molecule has 0 bridgehead atoms. The molecule has 0 spiro atoms. The number of rotatable bonds is 5. The van der Waals surface area contributed by atoms with Crippen molar-refractivity contribution in [2.75, 3.05) is 0 Å². The fourth-order valence-corrected chi connectivity index (χ4v) is 2.26. The monoisotopic (exact) mass is 321 g/mol. The topological polar surface area (TPSA) is 67.0 Å². The molecule has 0 aliphatic heterocycles. The lowest BCUT2D eigenvalue weighted by Gasteiger charge is -2.08. The zero-order chi connectivity index (χ0) is 16.9. The Morgan fingerprint density at radius 2 is 1.67 bits per heavy atom. The van der Waals surface area contributed by atoms with Crippen LogP contribution in [0.1, 0.15) is 27.2 Å². The van der Waals surface area contributed by atoms with Gasteiger partial charge in [0.15, 0.2) is 0 Å². The summed E-state index contributed by atoms with van der Waals surface area (Å²) < 4.78 is 5.79. The second kappa shape index (κ2) is 7.00. The van der Waals surface area contributed by atoms with Crippen molar-refractivity contribution in [1.29, 1.82) is 0 Å². The van der Waals surface area contributed by atoms with Crippen LogP contribution >= 0.6 is 0 Å². The Morgan fingerprint density at radius 1 is 1.04 bits per heavy atom. The molecule has 0 atom stereocenters. The minimum absolute atomic E-state index is 0.162. The van der Waals surface area contributed by atoms with Crippen molar-refractivity contribution < 1.29 is 9.53 Å². The number of hydrogen-bond acceptors (Lipinski definition) is 3. The van der Waals surface area contributed by atoms with E-state index in [1.165, 1.54) is 5.56 Å². The second-order valence-corrected chi connectivity index (χ2v) is 5.67. The van der Waals surface area contributed by atoms with E-state index in [2.05, 4.69) is 15.5 Å². The first-order valence-electron chi connectivity index (χ1n) is 7.73. The first kappa shape index (κ1) is 15.8. The van der Waals surface area contributed by atoms with Gasteiger partial charge in [0, 0.05) is 6.54 Å². The zero-order valence-corrected chi connectivity index (χ0v) is 13.7. The average Bonchev–Trinajstić information content (AvgIpc) is 3.02. The molecule has 0 fully saturated rings. The van der Waals surface area contributed by atoms with Crippen molar-refractivity contribution in [3.05, 3.63) is 77.1 Å². The van der Waals surface area contributed by atoms with Crippen LogP contribution in [0.15, 0.2) is 54.7 Å². The molecule has 0 unspecified atom stereocenters. The largest absolute Gasteiger partial charge is 0.457 e. The van der Waals surface area contributed by atoms with E-state index in [9.17, 15) is 4.79 Å². The van der Waals surface area contributed by atoms with Crippen molar-refractivity contribution in [3.63, 3.8) is 0 Å². The summed E-state index contributed by atoms with van der Waals surface area (Å²) in [6.07, 6.45) is 1.63. The molecule has 122 valence electrons. The van der Waals surface area contributed by atoms with Crippen LogP contribution in [-0.2, 0) is 6.54 Å². The van der Waals surface area contributed by atoms with E-state index in [-0.39, 0.29) is 5.91 Å². The molecule has 3 rings (SSSR count). The summed E-state index contributed by atoms with van der Waals surface area (Å²) in [5, 5.41) is 9.42. The van der Waals surface area contributed by atoms with E-state index in [1.807, 2.05) is 62.4 Å². The van der Waals surface area contributed by atoms with Gasteiger partial charge in [0.25, 0.3) is 5.91 Å². The first-order chi connectivity index (χ1) is 11.6. The first-order valence-corrected chi connectivity index (χ1v) is 7.73. The Balaban J connectivity index is 1.57. The lowest BCUT2D eigenvalue weighted by atomic mass is 10.2. The van der Waals surface area contributed by atoms with Crippen molar-refractivity contribution in [2.45, 2.75) is 20.4 Å². The Hall–Kier alpha value is -3.08. The van der Waals surface area contributed by atoms with Crippen molar-refractivity contribution in [2.24, 2.45) is 0 Å². The van der Waals surface area contributed by atoms with Crippen LogP contribution in [0.25, 0.3) is 0 Å². The standard InChI is InChI=1S/C19H19N3O2/c1-13-3-7-16(8-4-13)24-17-9-5-15(6-10-17)12-20-19(23)18-14(2)11-21-22-18/h3-11H,12H2,1-2H3,(H,20,23)(H,21,22). The van der Waals surface area contributed by atoms with E-state index < -0.39 is 0 Å². The van der Waals surface area contributed by atoms with Gasteiger partial charge in [-0.1, -0.05) is 29.8 Å². The minimum atomic E-state index is -0.162. The molecule has 0 aliphatic rings. The van der Waals surface area contributed by atoms with Gasteiger partial charge >= 0.3 is 0 Å². The molecule has 1 amide bonds. The van der Waals surface area contributed by atoms with Crippen LogP contribution in [0.2, 0.25) is 0 Å². The summed E-state index contributed by atoms with van der Waals surface area (Å²) in [4.78, 5) is 12.0. The summed E-state index contributed by atoms with van der Waals surface area (Å²) in [7, 11) is 0. The summed E-state index contributed by atoms with van der Waals surface area (Å²) in [6.45, 7) is 4.33. The molecule has 2 N–H and O–H groups in total. The number of benzene rings is 2. The molecule has 0 aliphatic carbocycles. The zero-order valence-electron chi connectivity index (χ0n) is 13.7. The van der Waals surface area contributed by atoms with Crippen LogP contribution in [0.5, 0.6) is 11.5 Å². The minimum Gasteiger partial charge on any atom is -0.457 e. The third-order valence-electron chi connectivity index (χ3n) is 3.69.